The minimum atomic E-state index is -0.187. The van der Waals surface area contributed by atoms with E-state index in [1.807, 2.05) is 31.8 Å². The number of fused-ring (bicyclic) bond motifs is 1. The summed E-state index contributed by atoms with van der Waals surface area (Å²) in [6.45, 7) is 0. The van der Waals surface area contributed by atoms with Crippen LogP contribution in [0.3, 0.4) is 0 Å². The van der Waals surface area contributed by atoms with Crippen molar-refractivity contribution in [3.63, 3.8) is 0 Å². The van der Waals surface area contributed by atoms with E-state index in [9.17, 15) is 9.59 Å². The summed E-state index contributed by atoms with van der Waals surface area (Å²) in [5.74, 6) is 0.674. The van der Waals surface area contributed by atoms with Crippen molar-refractivity contribution in [2.75, 3.05) is 0 Å². The minimum Gasteiger partial charge on any atom is -0.288 e. The molecule has 0 saturated heterocycles. The molecule has 19 heavy (non-hydrogen) atoms. The first kappa shape index (κ1) is 12.1. The average molecular weight is 247 g/mol. The summed E-state index contributed by atoms with van der Waals surface area (Å²) < 4.78 is 0. The summed E-state index contributed by atoms with van der Waals surface area (Å²) in [6, 6.07) is 6.92. The highest BCUT2D eigenvalue weighted by molar-refractivity contribution is 6.39. The number of rotatable bonds is 2. The molecule has 91 valence electrons. The van der Waals surface area contributed by atoms with Gasteiger partial charge < -0.3 is 0 Å². The molecule has 0 aromatic heterocycles. The number of carbonyl (C=O) groups is 2. The smallest absolute Gasteiger partial charge is 0.197 e. The van der Waals surface area contributed by atoms with Crippen molar-refractivity contribution in [1.29, 1.82) is 0 Å². The van der Waals surface area contributed by atoms with Crippen molar-refractivity contribution >= 4 is 11.6 Å². The van der Waals surface area contributed by atoms with Crippen molar-refractivity contribution in [3.05, 3.63) is 90.8 Å². The van der Waals surface area contributed by atoms with Crippen molar-refractivity contribution in [1.82, 2.24) is 0 Å². The van der Waals surface area contributed by atoms with Gasteiger partial charge in [0.05, 0.1) is 5.57 Å². The van der Waals surface area contributed by atoms with E-state index >= 15 is 0 Å². The standard InChI is InChI=1S/C17H11O2/c18-16-13-9-3-4-10-14(13)17(19)15(16)11-5-8-12-6-1-2-7-12/h1-11H/b8-5+. The molecule has 0 unspecified atom stereocenters. The molecule has 2 aliphatic carbocycles. The van der Waals surface area contributed by atoms with Crippen LogP contribution in [0.25, 0.3) is 0 Å². The van der Waals surface area contributed by atoms with Gasteiger partial charge in [0.1, 0.15) is 0 Å². The lowest BCUT2D eigenvalue weighted by atomic mass is 10.1. The molecule has 5 radical (unpaired) electrons. The lowest BCUT2D eigenvalue weighted by Crippen LogP contribution is -1.99. The summed E-state index contributed by atoms with van der Waals surface area (Å²) in [5.41, 5.74) is 1.24. The van der Waals surface area contributed by atoms with Gasteiger partial charge in [0, 0.05) is 17.0 Å². The Bertz CT molecular complexity index is 550. The molecule has 0 N–H and O–H groups in total. The highest BCUT2D eigenvalue weighted by Gasteiger charge is 2.31. The molecule has 1 saturated carbocycles. The molecule has 0 amide bonds. The number of allylic oxidation sites excluding steroid dienone is 4. The number of benzene rings is 1. The topological polar surface area (TPSA) is 34.1 Å². The Morgan fingerprint density at radius 3 is 2.00 bits per heavy atom. The molecule has 0 bridgehead atoms. The number of hydrogen-bond donors (Lipinski definition) is 0. The summed E-state index contributed by atoms with van der Waals surface area (Å²) >= 11 is 0. The number of ketones is 2. The second-order valence-corrected chi connectivity index (χ2v) is 4.36. The van der Waals surface area contributed by atoms with Crippen LogP contribution in [0.15, 0.2) is 48.1 Å². The predicted molar refractivity (Wildman–Crippen MR) is 72.8 cm³/mol. The minimum absolute atomic E-state index is 0.187. The lowest BCUT2D eigenvalue weighted by molar-refractivity contribution is 0.0989. The van der Waals surface area contributed by atoms with Crippen LogP contribution < -0.4 is 0 Å². The van der Waals surface area contributed by atoms with E-state index < -0.39 is 0 Å². The monoisotopic (exact) mass is 247 g/mol. The van der Waals surface area contributed by atoms with E-state index in [0.29, 0.717) is 11.1 Å². The molecule has 1 aromatic rings. The first-order valence-electron chi connectivity index (χ1n) is 6.06. The van der Waals surface area contributed by atoms with Crippen molar-refractivity contribution in [3.8, 4) is 0 Å². The highest BCUT2D eigenvalue weighted by atomic mass is 16.2. The van der Waals surface area contributed by atoms with Gasteiger partial charge in [0.25, 0.3) is 0 Å². The number of carbonyl (C=O) groups excluding carboxylic acids is 2. The molecule has 0 spiro atoms. The van der Waals surface area contributed by atoms with Gasteiger partial charge in [0.15, 0.2) is 11.6 Å². The number of Topliss-reactive ketones (excluding diaryl/α,β-unsaturated/α-hetero) is 2. The molecule has 1 fully saturated rings. The van der Waals surface area contributed by atoms with Gasteiger partial charge in [-0.15, -0.1) is 0 Å². The van der Waals surface area contributed by atoms with Crippen molar-refractivity contribution < 1.29 is 9.59 Å². The Hall–Kier alpha value is -1.96. The molecule has 0 heterocycles. The van der Waals surface area contributed by atoms with Gasteiger partial charge in [0.2, 0.25) is 0 Å². The lowest BCUT2D eigenvalue weighted by Gasteiger charge is -1.96. The molecule has 2 aliphatic rings. The van der Waals surface area contributed by atoms with Gasteiger partial charge >= 0.3 is 0 Å². The molecule has 2 heteroatoms. The van der Waals surface area contributed by atoms with Crippen LogP contribution >= 0.6 is 0 Å². The fourth-order valence-electron chi connectivity index (χ4n) is 2.18. The van der Waals surface area contributed by atoms with E-state index in [1.165, 1.54) is 0 Å². The van der Waals surface area contributed by atoms with Crippen LogP contribution in [0.5, 0.6) is 0 Å². The van der Waals surface area contributed by atoms with Crippen LogP contribution in [0.4, 0.5) is 0 Å². The van der Waals surface area contributed by atoms with E-state index in [1.54, 1.807) is 36.4 Å². The van der Waals surface area contributed by atoms with Gasteiger partial charge in [-0.25, -0.2) is 0 Å². The van der Waals surface area contributed by atoms with Crippen LogP contribution in [-0.2, 0) is 0 Å². The van der Waals surface area contributed by atoms with Gasteiger partial charge in [-0.3, -0.25) is 9.59 Å². The van der Waals surface area contributed by atoms with E-state index in [0.717, 1.165) is 5.92 Å². The zero-order chi connectivity index (χ0) is 13.2. The second-order valence-electron chi connectivity index (χ2n) is 4.36. The molecule has 1 aromatic carbocycles. The maximum Gasteiger partial charge on any atom is 0.197 e. The Kier molecular flexibility index (Phi) is 3.16. The molecule has 0 aliphatic heterocycles. The Morgan fingerprint density at radius 2 is 1.42 bits per heavy atom. The number of hydrogen-bond acceptors (Lipinski definition) is 2. The van der Waals surface area contributed by atoms with Crippen molar-refractivity contribution in [2.45, 2.75) is 0 Å². The SMILES string of the molecule is O=C1C(=C/C=C/[C]2[CH][CH][CH][CH]2)C(=O)c2ccccc21. The molecule has 2 nitrogen and oxygen atoms in total. The van der Waals surface area contributed by atoms with Gasteiger partial charge in [-0.05, 0) is 31.8 Å². The van der Waals surface area contributed by atoms with Crippen LogP contribution in [0.1, 0.15) is 20.7 Å². The highest BCUT2D eigenvalue weighted by Crippen LogP contribution is 2.27. The van der Waals surface area contributed by atoms with E-state index in [4.69, 9.17) is 0 Å². The fraction of sp³-hybridized carbons (Fsp3) is 0. The Morgan fingerprint density at radius 1 is 0.842 bits per heavy atom. The maximum absolute atomic E-state index is 12.1. The first-order chi connectivity index (χ1) is 9.27. The fourth-order valence-corrected chi connectivity index (χ4v) is 2.18. The predicted octanol–water partition coefficient (Wildman–Crippen LogP) is 2.95. The van der Waals surface area contributed by atoms with Gasteiger partial charge in [-0.1, -0.05) is 36.4 Å². The summed E-state index contributed by atoms with van der Waals surface area (Å²) in [5, 5.41) is 0. The molecular weight excluding hydrogens is 236 g/mol. The third-order valence-corrected chi connectivity index (χ3v) is 3.15. The quantitative estimate of drug-likeness (QED) is 0.594. The average Bonchev–Trinajstić information content (AvgIpc) is 3.02. The Labute approximate surface area is 112 Å². The third kappa shape index (κ3) is 2.19. The largest absolute Gasteiger partial charge is 0.288 e. The second kappa shape index (κ2) is 4.96. The van der Waals surface area contributed by atoms with Crippen LogP contribution in [0, 0.1) is 31.6 Å². The molecule has 0 atom stereocenters. The van der Waals surface area contributed by atoms with E-state index in [-0.39, 0.29) is 17.1 Å². The Balaban J connectivity index is 1.83. The first-order valence-corrected chi connectivity index (χ1v) is 6.06. The van der Waals surface area contributed by atoms with Crippen LogP contribution in [-0.4, -0.2) is 11.6 Å². The molecule has 3 rings (SSSR count). The zero-order valence-electron chi connectivity index (χ0n) is 10.2. The summed E-state index contributed by atoms with van der Waals surface area (Å²) in [4.78, 5) is 24.2. The normalized spacial score (nSPS) is 19.5. The third-order valence-electron chi connectivity index (χ3n) is 3.15. The van der Waals surface area contributed by atoms with Crippen molar-refractivity contribution in [2.24, 2.45) is 0 Å². The summed E-state index contributed by atoms with van der Waals surface area (Å²) in [6.07, 6.45) is 13.0. The molecular formula is C17H11O2. The van der Waals surface area contributed by atoms with Gasteiger partial charge in [-0.2, -0.15) is 0 Å². The zero-order valence-corrected chi connectivity index (χ0v) is 10.2. The summed E-state index contributed by atoms with van der Waals surface area (Å²) in [7, 11) is 0. The van der Waals surface area contributed by atoms with Crippen LogP contribution in [0.2, 0.25) is 0 Å². The maximum atomic E-state index is 12.1. The van der Waals surface area contributed by atoms with E-state index in [2.05, 4.69) is 0 Å².